The molecule has 0 aliphatic carbocycles. The van der Waals surface area contributed by atoms with Gasteiger partial charge in [-0.25, -0.2) is 0 Å². The fraction of sp³-hybridized carbons (Fsp3) is 0.625. The van der Waals surface area contributed by atoms with Gasteiger partial charge in [-0.15, -0.1) is 0 Å². The lowest BCUT2D eigenvalue weighted by Gasteiger charge is -2.36. The third-order valence-electron chi connectivity index (χ3n) is 3.63. The summed E-state index contributed by atoms with van der Waals surface area (Å²) in [5, 5.41) is 4.60. The van der Waals surface area contributed by atoms with Crippen LogP contribution in [-0.2, 0) is 6.42 Å². The smallest absolute Gasteiger partial charge is 0.0408 e. The molecule has 1 atom stereocenters. The maximum atomic E-state index is 6.09. The summed E-state index contributed by atoms with van der Waals surface area (Å²) in [5.74, 6) is 0. The second-order valence-electron chi connectivity index (χ2n) is 6.85. The molecule has 0 amide bonds. The number of rotatable bonds is 3. The first-order chi connectivity index (χ1) is 8.39. The van der Waals surface area contributed by atoms with Crippen LogP contribution in [0.2, 0.25) is 5.02 Å². The molecule has 0 radical (unpaired) electrons. The van der Waals surface area contributed by atoms with Crippen molar-refractivity contribution >= 4 is 11.6 Å². The van der Waals surface area contributed by atoms with Crippen molar-refractivity contribution in [3.8, 4) is 0 Å². The molecule has 1 aliphatic heterocycles. The van der Waals surface area contributed by atoms with Crippen molar-refractivity contribution in [1.29, 1.82) is 0 Å². The fourth-order valence-corrected chi connectivity index (χ4v) is 3.50. The Bertz CT molecular complexity index is 400. The van der Waals surface area contributed by atoms with Crippen molar-refractivity contribution in [2.45, 2.75) is 52.0 Å². The maximum Gasteiger partial charge on any atom is 0.0408 e. The van der Waals surface area contributed by atoms with Gasteiger partial charge in [0.25, 0.3) is 0 Å². The van der Waals surface area contributed by atoms with E-state index in [2.05, 4.69) is 44.3 Å². The first-order valence-corrected chi connectivity index (χ1v) is 7.26. The summed E-state index contributed by atoms with van der Waals surface area (Å²) in [4.78, 5) is 0. The van der Waals surface area contributed by atoms with E-state index in [1.807, 2.05) is 6.07 Å². The van der Waals surface area contributed by atoms with Gasteiger partial charge < -0.3 is 5.32 Å². The SMILES string of the molecule is CC(C)(C)CC1(Cc2cccc(Cl)c2)CCCN1. The Balaban J connectivity index is 2.16. The molecule has 2 rings (SSSR count). The number of benzene rings is 1. The normalized spacial score (nSPS) is 24.4. The molecule has 0 bridgehead atoms. The molecule has 1 saturated heterocycles. The van der Waals surface area contributed by atoms with Gasteiger partial charge in [-0.05, 0) is 55.3 Å². The molecular weight excluding hydrogens is 242 g/mol. The molecular formula is C16H24ClN. The summed E-state index contributed by atoms with van der Waals surface area (Å²) >= 11 is 6.09. The van der Waals surface area contributed by atoms with Crippen molar-refractivity contribution < 1.29 is 0 Å². The van der Waals surface area contributed by atoms with Crippen molar-refractivity contribution in [3.05, 3.63) is 34.9 Å². The molecule has 0 spiro atoms. The molecule has 1 N–H and O–H groups in total. The summed E-state index contributed by atoms with van der Waals surface area (Å²) in [7, 11) is 0. The van der Waals surface area contributed by atoms with Crippen LogP contribution in [0, 0.1) is 5.41 Å². The maximum absolute atomic E-state index is 6.09. The fourth-order valence-electron chi connectivity index (χ4n) is 3.29. The Morgan fingerprint density at radius 3 is 2.67 bits per heavy atom. The minimum absolute atomic E-state index is 0.267. The lowest BCUT2D eigenvalue weighted by atomic mass is 9.76. The molecule has 1 aromatic rings. The van der Waals surface area contributed by atoms with E-state index in [9.17, 15) is 0 Å². The highest BCUT2D eigenvalue weighted by atomic mass is 35.5. The van der Waals surface area contributed by atoms with Gasteiger partial charge in [0.05, 0.1) is 0 Å². The molecule has 1 heterocycles. The highest BCUT2D eigenvalue weighted by Gasteiger charge is 2.36. The van der Waals surface area contributed by atoms with Crippen LogP contribution in [0.1, 0.15) is 45.6 Å². The largest absolute Gasteiger partial charge is 0.311 e. The summed E-state index contributed by atoms with van der Waals surface area (Å²) in [6.45, 7) is 8.13. The Hall–Kier alpha value is -0.530. The molecule has 1 aliphatic rings. The van der Waals surface area contributed by atoms with E-state index >= 15 is 0 Å². The van der Waals surface area contributed by atoms with Gasteiger partial charge in [0.2, 0.25) is 0 Å². The van der Waals surface area contributed by atoms with E-state index in [0.29, 0.717) is 5.41 Å². The third-order valence-corrected chi connectivity index (χ3v) is 3.87. The van der Waals surface area contributed by atoms with Crippen LogP contribution in [0.25, 0.3) is 0 Å². The topological polar surface area (TPSA) is 12.0 Å². The van der Waals surface area contributed by atoms with Gasteiger partial charge >= 0.3 is 0 Å². The second-order valence-corrected chi connectivity index (χ2v) is 7.29. The van der Waals surface area contributed by atoms with Gasteiger partial charge in [-0.2, -0.15) is 0 Å². The monoisotopic (exact) mass is 265 g/mol. The van der Waals surface area contributed by atoms with E-state index < -0.39 is 0 Å². The van der Waals surface area contributed by atoms with Gasteiger partial charge in [0, 0.05) is 10.6 Å². The van der Waals surface area contributed by atoms with Gasteiger partial charge in [-0.1, -0.05) is 44.5 Å². The van der Waals surface area contributed by atoms with Crippen LogP contribution < -0.4 is 5.32 Å². The van der Waals surface area contributed by atoms with Crippen molar-refractivity contribution in [2.75, 3.05) is 6.54 Å². The zero-order valence-electron chi connectivity index (χ0n) is 11.7. The van der Waals surface area contributed by atoms with Crippen LogP contribution in [-0.4, -0.2) is 12.1 Å². The first-order valence-electron chi connectivity index (χ1n) is 6.88. The van der Waals surface area contributed by atoms with E-state index in [4.69, 9.17) is 11.6 Å². The van der Waals surface area contributed by atoms with Crippen LogP contribution in [0.15, 0.2) is 24.3 Å². The summed E-state index contributed by atoms with van der Waals surface area (Å²) in [5.41, 5.74) is 1.97. The van der Waals surface area contributed by atoms with Crippen LogP contribution in [0.5, 0.6) is 0 Å². The number of hydrogen-bond acceptors (Lipinski definition) is 1. The molecule has 2 heteroatoms. The molecule has 1 nitrogen and oxygen atoms in total. The third kappa shape index (κ3) is 3.73. The Morgan fingerprint density at radius 2 is 2.11 bits per heavy atom. The average molecular weight is 266 g/mol. The Labute approximate surface area is 116 Å². The number of nitrogens with one attached hydrogen (secondary N) is 1. The van der Waals surface area contributed by atoms with Crippen molar-refractivity contribution in [2.24, 2.45) is 5.41 Å². The quantitative estimate of drug-likeness (QED) is 0.852. The van der Waals surface area contributed by atoms with Crippen molar-refractivity contribution in [1.82, 2.24) is 5.32 Å². The van der Waals surface area contributed by atoms with Crippen LogP contribution in [0.3, 0.4) is 0 Å². The van der Waals surface area contributed by atoms with Crippen LogP contribution in [0.4, 0.5) is 0 Å². The average Bonchev–Trinajstić information content (AvgIpc) is 2.63. The second kappa shape index (κ2) is 5.22. The molecule has 100 valence electrons. The van der Waals surface area contributed by atoms with Crippen molar-refractivity contribution in [3.63, 3.8) is 0 Å². The predicted molar refractivity (Wildman–Crippen MR) is 79.2 cm³/mol. The molecule has 1 unspecified atom stereocenters. The standard InChI is InChI=1S/C16H24ClN/c1-15(2,3)12-16(8-5-9-18-16)11-13-6-4-7-14(17)10-13/h4,6-7,10,18H,5,8-9,11-12H2,1-3H3. The summed E-state index contributed by atoms with van der Waals surface area (Å²) in [6.07, 6.45) is 4.87. The highest BCUT2D eigenvalue weighted by Crippen LogP contribution is 2.36. The Morgan fingerprint density at radius 1 is 1.33 bits per heavy atom. The van der Waals surface area contributed by atoms with Crippen LogP contribution >= 0.6 is 11.6 Å². The lowest BCUT2D eigenvalue weighted by Crippen LogP contribution is -2.44. The molecule has 1 aromatic carbocycles. The van der Waals surface area contributed by atoms with E-state index in [1.54, 1.807) is 0 Å². The number of halogens is 1. The summed E-state index contributed by atoms with van der Waals surface area (Å²) < 4.78 is 0. The zero-order valence-corrected chi connectivity index (χ0v) is 12.5. The predicted octanol–water partition coefficient (Wildman–Crippen LogP) is 4.44. The van der Waals surface area contributed by atoms with E-state index in [-0.39, 0.29) is 5.54 Å². The molecule has 18 heavy (non-hydrogen) atoms. The van der Waals surface area contributed by atoms with E-state index in [1.165, 1.54) is 24.8 Å². The first kappa shape index (κ1) is 13.9. The van der Waals surface area contributed by atoms with Gasteiger partial charge in [0.15, 0.2) is 0 Å². The van der Waals surface area contributed by atoms with Gasteiger partial charge in [0.1, 0.15) is 0 Å². The highest BCUT2D eigenvalue weighted by molar-refractivity contribution is 6.30. The minimum atomic E-state index is 0.267. The Kier molecular flexibility index (Phi) is 4.03. The summed E-state index contributed by atoms with van der Waals surface area (Å²) in [6, 6.07) is 8.29. The molecule has 1 fully saturated rings. The lowest BCUT2D eigenvalue weighted by molar-refractivity contribution is 0.229. The minimum Gasteiger partial charge on any atom is -0.311 e. The zero-order chi connectivity index (χ0) is 13.2. The van der Waals surface area contributed by atoms with Gasteiger partial charge in [-0.3, -0.25) is 0 Å². The molecule has 0 aromatic heterocycles. The molecule has 0 saturated carbocycles. The van der Waals surface area contributed by atoms with E-state index in [0.717, 1.165) is 18.0 Å². The number of hydrogen-bond donors (Lipinski definition) is 1.